The van der Waals surface area contributed by atoms with Gasteiger partial charge in [0.05, 0.1) is 24.2 Å². The predicted molar refractivity (Wildman–Crippen MR) is 115 cm³/mol. The molecule has 1 aliphatic rings. The molecule has 2 heterocycles. The maximum Gasteiger partial charge on any atom is 0.433 e. The normalized spacial score (nSPS) is 15.0. The van der Waals surface area contributed by atoms with E-state index in [-0.39, 0.29) is 30.1 Å². The lowest BCUT2D eigenvalue weighted by Gasteiger charge is -2.34. The van der Waals surface area contributed by atoms with Gasteiger partial charge in [-0.2, -0.15) is 0 Å². The molecule has 156 valence electrons. The van der Waals surface area contributed by atoms with Gasteiger partial charge < -0.3 is 19.7 Å². The van der Waals surface area contributed by atoms with Gasteiger partial charge in [0.1, 0.15) is 16.4 Å². The molecule has 1 atom stereocenters. The molecule has 1 unspecified atom stereocenters. The second-order valence-electron chi connectivity index (χ2n) is 6.98. The van der Waals surface area contributed by atoms with Crippen molar-refractivity contribution in [3.05, 3.63) is 107 Å². The molecule has 0 bridgehead atoms. The molecule has 1 aliphatic heterocycles. The Hall–Kier alpha value is -4.33. The van der Waals surface area contributed by atoms with Crippen molar-refractivity contribution in [2.75, 3.05) is 5.32 Å². The van der Waals surface area contributed by atoms with E-state index in [1.165, 1.54) is 18.2 Å². The van der Waals surface area contributed by atoms with Gasteiger partial charge in [-0.25, -0.2) is 0 Å². The first kappa shape index (κ1) is 20.0. The molecule has 1 aromatic heterocycles. The van der Waals surface area contributed by atoms with Gasteiger partial charge in [-0.05, 0) is 41.5 Å². The Morgan fingerprint density at radius 2 is 2.00 bits per heavy atom. The summed E-state index contributed by atoms with van der Waals surface area (Å²) in [6.07, 6.45) is 3.36. The second-order valence-corrected chi connectivity index (χ2v) is 6.98. The van der Waals surface area contributed by atoms with Gasteiger partial charge in [-0.15, -0.1) is 6.58 Å². The van der Waals surface area contributed by atoms with Crippen LogP contribution in [-0.2, 0) is 11.3 Å². The number of furan rings is 1. The summed E-state index contributed by atoms with van der Waals surface area (Å²) < 4.78 is 5.29. The van der Waals surface area contributed by atoms with E-state index in [1.54, 1.807) is 41.4 Å². The Bertz CT molecular complexity index is 1180. The highest BCUT2D eigenvalue weighted by Crippen LogP contribution is 2.39. The van der Waals surface area contributed by atoms with Crippen molar-refractivity contribution in [1.82, 2.24) is 4.90 Å². The predicted octanol–water partition coefficient (Wildman–Crippen LogP) is 4.62. The van der Waals surface area contributed by atoms with Crippen molar-refractivity contribution < 1.29 is 19.2 Å². The van der Waals surface area contributed by atoms with E-state index in [4.69, 9.17) is 4.42 Å². The number of benzene rings is 2. The number of hydrogen-bond donors (Lipinski definition) is 2. The number of anilines is 1. The summed E-state index contributed by atoms with van der Waals surface area (Å²) in [6.45, 7) is 4.05. The summed E-state index contributed by atoms with van der Waals surface area (Å²) in [6, 6.07) is 16.3. The topological polar surface area (TPSA) is 109 Å². The number of phenols is 1. The first-order valence-corrected chi connectivity index (χ1v) is 9.49. The van der Waals surface area contributed by atoms with Crippen LogP contribution in [0.4, 0.5) is 11.6 Å². The summed E-state index contributed by atoms with van der Waals surface area (Å²) in [5.74, 6) is -0.257. The van der Waals surface area contributed by atoms with E-state index in [9.17, 15) is 20.0 Å². The smallest absolute Gasteiger partial charge is 0.433 e. The van der Waals surface area contributed by atoms with Gasteiger partial charge >= 0.3 is 5.88 Å². The lowest BCUT2D eigenvalue weighted by Crippen LogP contribution is -2.29. The first-order chi connectivity index (χ1) is 15.0. The quantitative estimate of drug-likeness (QED) is 0.344. The summed E-state index contributed by atoms with van der Waals surface area (Å²) in [5, 5.41) is 23.8. The standard InChI is InChI=1S/C23H19N3O5/c1-2-21-19-12-16(27)8-10-18(19)20(23(28)24-15-6-4-3-5-7-15)14-25(21)13-17-9-11-22(31-17)26(29)30/h2-12,14,21,27H,1,13H2,(H,24,28). The molecule has 1 amide bonds. The highest BCUT2D eigenvalue weighted by atomic mass is 16.6. The molecule has 2 N–H and O–H groups in total. The molecule has 0 radical (unpaired) electrons. The fourth-order valence-corrected chi connectivity index (χ4v) is 3.57. The fraction of sp³-hybridized carbons (Fsp3) is 0.0870. The van der Waals surface area contributed by atoms with Crippen LogP contribution in [0.5, 0.6) is 5.75 Å². The highest BCUT2D eigenvalue weighted by Gasteiger charge is 2.30. The van der Waals surface area contributed by atoms with Crippen LogP contribution in [0.25, 0.3) is 5.57 Å². The summed E-state index contributed by atoms with van der Waals surface area (Å²) >= 11 is 0. The molecule has 4 rings (SSSR count). The molecule has 8 heteroatoms. The van der Waals surface area contributed by atoms with Crippen LogP contribution in [0.1, 0.15) is 22.9 Å². The van der Waals surface area contributed by atoms with Crippen molar-refractivity contribution in [3.8, 4) is 5.75 Å². The van der Waals surface area contributed by atoms with Gasteiger partial charge in [-0.3, -0.25) is 14.9 Å². The fourth-order valence-electron chi connectivity index (χ4n) is 3.57. The average Bonchev–Trinajstić information content (AvgIpc) is 3.22. The number of rotatable bonds is 6. The number of phenolic OH excluding ortho intramolecular Hbond substituents is 1. The second kappa shape index (κ2) is 8.19. The van der Waals surface area contributed by atoms with Crippen molar-refractivity contribution in [3.63, 3.8) is 0 Å². The van der Waals surface area contributed by atoms with E-state index in [0.717, 1.165) is 0 Å². The lowest BCUT2D eigenvalue weighted by molar-refractivity contribution is -0.402. The summed E-state index contributed by atoms with van der Waals surface area (Å²) in [4.78, 5) is 25.2. The van der Waals surface area contributed by atoms with Crippen LogP contribution in [-0.4, -0.2) is 20.8 Å². The van der Waals surface area contributed by atoms with Crippen molar-refractivity contribution in [2.24, 2.45) is 0 Å². The van der Waals surface area contributed by atoms with Gasteiger partial charge in [0, 0.05) is 11.9 Å². The monoisotopic (exact) mass is 417 g/mol. The zero-order chi connectivity index (χ0) is 22.0. The molecule has 31 heavy (non-hydrogen) atoms. The zero-order valence-electron chi connectivity index (χ0n) is 16.4. The number of carbonyl (C=O) groups is 1. The molecule has 0 fully saturated rings. The number of fused-ring (bicyclic) bond motifs is 1. The number of para-hydroxylation sites is 1. The largest absolute Gasteiger partial charge is 0.508 e. The maximum atomic E-state index is 13.1. The summed E-state index contributed by atoms with van der Waals surface area (Å²) in [5.41, 5.74) is 2.39. The molecule has 2 aromatic carbocycles. The number of carbonyl (C=O) groups excluding carboxylic acids is 1. The Kier molecular flexibility index (Phi) is 5.28. The van der Waals surface area contributed by atoms with Crippen LogP contribution >= 0.6 is 0 Å². The molecule has 0 saturated heterocycles. The van der Waals surface area contributed by atoms with Crippen LogP contribution < -0.4 is 5.32 Å². The van der Waals surface area contributed by atoms with E-state index >= 15 is 0 Å². The third-order valence-electron chi connectivity index (χ3n) is 4.96. The van der Waals surface area contributed by atoms with Gasteiger partial charge in [0.15, 0.2) is 0 Å². The van der Waals surface area contributed by atoms with Crippen molar-refractivity contribution >= 4 is 23.1 Å². The molecular weight excluding hydrogens is 398 g/mol. The number of nitrogens with zero attached hydrogens (tertiary/aromatic N) is 2. The Labute approximate surface area is 177 Å². The van der Waals surface area contributed by atoms with Gasteiger partial charge in [-0.1, -0.05) is 30.3 Å². The van der Waals surface area contributed by atoms with E-state index in [0.29, 0.717) is 28.1 Å². The van der Waals surface area contributed by atoms with Gasteiger partial charge in [0.25, 0.3) is 5.91 Å². The molecule has 0 spiro atoms. The molecular formula is C23H19N3O5. The number of nitro groups is 1. The molecule has 8 nitrogen and oxygen atoms in total. The minimum atomic E-state index is -0.605. The SMILES string of the molecule is C=CC1c2cc(O)ccc2C(C(=O)Nc2ccccc2)=CN1Cc1ccc([N+](=O)[O-])o1. The highest BCUT2D eigenvalue weighted by molar-refractivity contribution is 6.25. The maximum absolute atomic E-state index is 13.1. The van der Waals surface area contributed by atoms with Crippen molar-refractivity contribution in [2.45, 2.75) is 12.6 Å². The van der Waals surface area contributed by atoms with E-state index < -0.39 is 4.92 Å². The van der Waals surface area contributed by atoms with Crippen LogP contribution in [0.15, 0.2) is 83.9 Å². The number of hydrogen-bond acceptors (Lipinski definition) is 6. The Balaban J connectivity index is 1.72. The number of nitrogens with one attached hydrogen (secondary N) is 1. The van der Waals surface area contributed by atoms with Crippen molar-refractivity contribution in [1.29, 1.82) is 0 Å². The lowest BCUT2D eigenvalue weighted by atomic mass is 9.90. The Morgan fingerprint density at radius 1 is 1.23 bits per heavy atom. The molecule has 0 aliphatic carbocycles. The molecule has 0 saturated carbocycles. The number of aromatic hydroxyl groups is 1. The summed E-state index contributed by atoms with van der Waals surface area (Å²) in [7, 11) is 0. The first-order valence-electron chi connectivity index (χ1n) is 9.49. The zero-order valence-corrected chi connectivity index (χ0v) is 16.4. The van der Waals surface area contributed by atoms with E-state index in [1.807, 2.05) is 18.2 Å². The van der Waals surface area contributed by atoms with Crippen LogP contribution in [0.2, 0.25) is 0 Å². The van der Waals surface area contributed by atoms with Gasteiger partial charge in [0.2, 0.25) is 0 Å². The van der Waals surface area contributed by atoms with Crippen LogP contribution in [0, 0.1) is 10.1 Å². The Morgan fingerprint density at radius 3 is 2.68 bits per heavy atom. The average molecular weight is 417 g/mol. The number of amides is 1. The third kappa shape index (κ3) is 4.04. The van der Waals surface area contributed by atoms with E-state index in [2.05, 4.69) is 11.9 Å². The minimum absolute atomic E-state index is 0.0592. The molecule has 3 aromatic rings. The van der Waals surface area contributed by atoms with Crippen LogP contribution in [0.3, 0.4) is 0 Å². The minimum Gasteiger partial charge on any atom is -0.508 e. The third-order valence-corrected chi connectivity index (χ3v) is 4.96.